The highest BCUT2D eigenvalue weighted by Crippen LogP contribution is 2.33. The van der Waals surface area contributed by atoms with Crippen LogP contribution in [0.3, 0.4) is 0 Å². The van der Waals surface area contributed by atoms with Crippen LogP contribution in [0.25, 0.3) is 0 Å². The topological polar surface area (TPSA) is 52.3 Å². The van der Waals surface area contributed by atoms with Gasteiger partial charge in [0, 0.05) is 6.04 Å². The molecule has 6 heteroatoms. The number of benzene rings is 1. The fraction of sp³-hybridized carbons (Fsp3) is 0.417. The zero-order valence-corrected chi connectivity index (χ0v) is 12.8. The van der Waals surface area contributed by atoms with Crippen LogP contribution in [-0.2, 0) is 9.53 Å². The first-order valence-electron chi connectivity index (χ1n) is 5.09. The number of hydrogen-bond donors (Lipinski definition) is 1. The molecule has 1 aromatic rings. The van der Waals surface area contributed by atoms with Crippen LogP contribution < -0.4 is 5.73 Å². The van der Waals surface area contributed by atoms with Crippen molar-refractivity contribution in [1.29, 1.82) is 0 Å². The lowest BCUT2D eigenvalue weighted by molar-refractivity contribution is -0.152. The monoisotopic (exact) mass is 339 g/mol. The molecule has 0 aromatic heterocycles. The molecule has 0 amide bonds. The number of carbonyl (C=O) groups excluding carboxylic acids is 1. The molecular formula is C12H16BrClFNO2. The second-order valence-electron chi connectivity index (χ2n) is 4.36. The van der Waals surface area contributed by atoms with Gasteiger partial charge in [-0.1, -0.05) is 6.07 Å². The molecule has 1 aromatic carbocycles. The van der Waals surface area contributed by atoms with Crippen LogP contribution in [0.2, 0.25) is 0 Å². The summed E-state index contributed by atoms with van der Waals surface area (Å²) >= 11 is 3.09. The Morgan fingerprint density at radius 2 is 2.06 bits per heavy atom. The molecule has 0 aliphatic rings. The number of ether oxygens (including phenoxy) is 1. The first kappa shape index (κ1) is 17.4. The molecule has 0 unspecified atom stereocenters. The fourth-order valence-corrected chi connectivity index (χ4v) is 1.91. The molecule has 0 aliphatic heterocycles. The number of hydrogen-bond acceptors (Lipinski definition) is 3. The van der Waals surface area contributed by atoms with E-state index in [2.05, 4.69) is 15.9 Å². The van der Waals surface area contributed by atoms with Crippen LogP contribution in [0.1, 0.15) is 25.5 Å². The lowest BCUT2D eigenvalue weighted by Crippen LogP contribution is -2.37. The third kappa shape index (κ3) is 3.43. The average Bonchev–Trinajstić information content (AvgIpc) is 2.30. The van der Waals surface area contributed by atoms with E-state index in [1.165, 1.54) is 13.2 Å². The standard InChI is InChI=1S/C12H15BrFNO2.ClH/c1-12(2,11(16)17-3)10(15)7-4-5-9(14)8(13)6-7;/h4-6,10H,15H2,1-3H3;1H/t10-;/m1./s1. The van der Waals surface area contributed by atoms with Crippen LogP contribution in [-0.4, -0.2) is 13.1 Å². The van der Waals surface area contributed by atoms with Crippen molar-refractivity contribution < 1.29 is 13.9 Å². The molecule has 2 N–H and O–H groups in total. The highest BCUT2D eigenvalue weighted by atomic mass is 79.9. The van der Waals surface area contributed by atoms with Crippen LogP contribution in [0.5, 0.6) is 0 Å². The molecule has 18 heavy (non-hydrogen) atoms. The van der Waals surface area contributed by atoms with E-state index in [0.717, 1.165) is 0 Å². The zero-order valence-electron chi connectivity index (χ0n) is 10.4. The molecule has 3 nitrogen and oxygen atoms in total. The molecule has 0 bridgehead atoms. The maximum absolute atomic E-state index is 13.1. The molecule has 0 aliphatic carbocycles. The summed E-state index contributed by atoms with van der Waals surface area (Å²) in [5, 5.41) is 0. The van der Waals surface area contributed by atoms with E-state index in [9.17, 15) is 9.18 Å². The molecule has 0 saturated heterocycles. The molecule has 0 spiro atoms. The number of rotatable bonds is 3. The lowest BCUT2D eigenvalue weighted by atomic mass is 9.81. The maximum atomic E-state index is 13.1. The Morgan fingerprint density at radius 3 is 2.50 bits per heavy atom. The van der Waals surface area contributed by atoms with Crippen molar-refractivity contribution >= 4 is 34.3 Å². The molecule has 0 saturated carbocycles. The smallest absolute Gasteiger partial charge is 0.313 e. The number of carbonyl (C=O) groups is 1. The van der Waals surface area contributed by atoms with E-state index < -0.39 is 17.4 Å². The molecule has 102 valence electrons. The Hall–Kier alpha value is -0.650. The van der Waals surface area contributed by atoms with Crippen LogP contribution in [0.4, 0.5) is 4.39 Å². The van der Waals surface area contributed by atoms with Gasteiger partial charge in [0.2, 0.25) is 0 Å². The number of esters is 1. The van der Waals surface area contributed by atoms with Gasteiger partial charge in [-0.25, -0.2) is 4.39 Å². The van der Waals surface area contributed by atoms with Gasteiger partial charge < -0.3 is 10.5 Å². The largest absolute Gasteiger partial charge is 0.469 e. The van der Waals surface area contributed by atoms with Crippen LogP contribution in [0, 0.1) is 11.2 Å². The van der Waals surface area contributed by atoms with Gasteiger partial charge in [0.1, 0.15) is 5.82 Å². The zero-order chi connectivity index (χ0) is 13.2. The molecule has 0 heterocycles. The van der Waals surface area contributed by atoms with Crippen molar-refractivity contribution in [3.8, 4) is 0 Å². The number of halogens is 3. The first-order chi connectivity index (χ1) is 7.80. The first-order valence-corrected chi connectivity index (χ1v) is 5.89. The highest BCUT2D eigenvalue weighted by Gasteiger charge is 2.36. The highest BCUT2D eigenvalue weighted by molar-refractivity contribution is 9.10. The third-order valence-corrected chi connectivity index (χ3v) is 3.40. The minimum absolute atomic E-state index is 0. The average molecular weight is 341 g/mol. The third-order valence-electron chi connectivity index (χ3n) is 2.79. The summed E-state index contributed by atoms with van der Waals surface area (Å²) in [5.74, 6) is -0.762. The summed E-state index contributed by atoms with van der Waals surface area (Å²) in [6, 6.07) is 3.89. The van der Waals surface area contributed by atoms with Crippen molar-refractivity contribution in [3.05, 3.63) is 34.1 Å². The minimum atomic E-state index is -0.869. The van der Waals surface area contributed by atoms with Gasteiger partial charge in [0.05, 0.1) is 17.0 Å². The van der Waals surface area contributed by atoms with Crippen molar-refractivity contribution in [2.24, 2.45) is 11.1 Å². The van der Waals surface area contributed by atoms with E-state index in [0.29, 0.717) is 10.0 Å². The summed E-state index contributed by atoms with van der Waals surface area (Å²) < 4.78 is 18.1. The van der Waals surface area contributed by atoms with E-state index in [4.69, 9.17) is 10.5 Å². The quantitative estimate of drug-likeness (QED) is 0.860. The lowest BCUT2D eigenvalue weighted by Gasteiger charge is -2.29. The van der Waals surface area contributed by atoms with E-state index >= 15 is 0 Å². The molecular weight excluding hydrogens is 324 g/mol. The predicted molar refractivity (Wildman–Crippen MR) is 74.1 cm³/mol. The van der Waals surface area contributed by atoms with Crippen LogP contribution in [0.15, 0.2) is 22.7 Å². The van der Waals surface area contributed by atoms with Gasteiger partial charge in [0.15, 0.2) is 0 Å². The molecule has 0 radical (unpaired) electrons. The van der Waals surface area contributed by atoms with Crippen molar-refractivity contribution in [3.63, 3.8) is 0 Å². The molecule has 1 atom stereocenters. The second-order valence-corrected chi connectivity index (χ2v) is 5.22. The fourth-order valence-electron chi connectivity index (χ4n) is 1.51. The number of nitrogens with two attached hydrogens (primary N) is 1. The summed E-state index contributed by atoms with van der Waals surface area (Å²) in [6.45, 7) is 3.39. The Kier molecular flexibility index (Phi) is 6.26. The van der Waals surface area contributed by atoms with E-state index in [1.54, 1.807) is 26.0 Å². The van der Waals surface area contributed by atoms with Crippen molar-refractivity contribution in [2.75, 3.05) is 7.11 Å². The Labute approximate surface area is 120 Å². The Bertz CT molecular complexity index is 440. The van der Waals surface area contributed by atoms with Gasteiger partial charge in [-0.3, -0.25) is 4.79 Å². The van der Waals surface area contributed by atoms with E-state index in [-0.39, 0.29) is 18.2 Å². The van der Waals surface area contributed by atoms with Crippen molar-refractivity contribution in [2.45, 2.75) is 19.9 Å². The van der Waals surface area contributed by atoms with Crippen LogP contribution >= 0.6 is 28.3 Å². The molecule has 0 fully saturated rings. The predicted octanol–water partition coefficient (Wildman–Crippen LogP) is 3.21. The van der Waals surface area contributed by atoms with Gasteiger partial charge in [-0.15, -0.1) is 12.4 Å². The SMILES string of the molecule is COC(=O)C(C)(C)[C@H](N)c1ccc(F)c(Br)c1.Cl. The van der Waals surface area contributed by atoms with Crippen molar-refractivity contribution in [1.82, 2.24) is 0 Å². The number of methoxy groups -OCH3 is 1. The summed E-state index contributed by atoms with van der Waals surface area (Å²) in [5.41, 5.74) is 5.83. The Morgan fingerprint density at radius 1 is 1.50 bits per heavy atom. The van der Waals surface area contributed by atoms with E-state index in [1.807, 2.05) is 0 Å². The molecule has 1 rings (SSSR count). The minimum Gasteiger partial charge on any atom is -0.469 e. The maximum Gasteiger partial charge on any atom is 0.313 e. The van der Waals surface area contributed by atoms with Gasteiger partial charge in [-0.05, 0) is 47.5 Å². The summed E-state index contributed by atoms with van der Waals surface area (Å²) in [6.07, 6.45) is 0. The second kappa shape index (κ2) is 6.50. The van der Waals surface area contributed by atoms with Gasteiger partial charge in [0.25, 0.3) is 0 Å². The summed E-state index contributed by atoms with van der Waals surface area (Å²) in [4.78, 5) is 11.6. The normalized spacial score (nSPS) is 12.6. The van der Waals surface area contributed by atoms with Gasteiger partial charge >= 0.3 is 5.97 Å². The van der Waals surface area contributed by atoms with Gasteiger partial charge in [-0.2, -0.15) is 0 Å². The Balaban J connectivity index is 0.00000289. The summed E-state index contributed by atoms with van der Waals surface area (Å²) in [7, 11) is 1.32.